The molecule has 1 aromatic carbocycles. The molecule has 0 saturated heterocycles. The molecule has 1 saturated carbocycles. The van der Waals surface area contributed by atoms with Crippen LogP contribution in [0.1, 0.15) is 31.2 Å². The Morgan fingerprint density at radius 1 is 1.14 bits per heavy atom. The lowest BCUT2D eigenvalue weighted by atomic mass is 9.98. The van der Waals surface area contributed by atoms with Crippen LogP contribution in [0.5, 0.6) is 0 Å². The van der Waals surface area contributed by atoms with E-state index in [0.717, 1.165) is 10.7 Å². The maximum atomic E-state index is 3.78. The van der Waals surface area contributed by atoms with Gasteiger partial charge in [-0.05, 0) is 37.2 Å². The van der Waals surface area contributed by atoms with Gasteiger partial charge in [0.2, 0.25) is 0 Å². The van der Waals surface area contributed by atoms with Crippen LogP contribution in [0.4, 0.5) is 0 Å². The number of benzene rings is 1. The highest BCUT2D eigenvalue weighted by molar-refractivity contribution is 9.09. The number of hydrogen-bond donors (Lipinski definition) is 0. The van der Waals surface area contributed by atoms with Crippen LogP contribution in [0.25, 0.3) is 0 Å². The van der Waals surface area contributed by atoms with Crippen molar-refractivity contribution in [3.63, 3.8) is 0 Å². The van der Waals surface area contributed by atoms with E-state index in [1.807, 2.05) is 0 Å². The number of halogens is 1. The Morgan fingerprint density at radius 3 is 2.57 bits per heavy atom. The van der Waals surface area contributed by atoms with Gasteiger partial charge in [0.15, 0.2) is 0 Å². The van der Waals surface area contributed by atoms with Crippen LogP contribution >= 0.6 is 15.9 Å². The first-order chi connectivity index (χ1) is 6.86. The van der Waals surface area contributed by atoms with Gasteiger partial charge in [0, 0.05) is 4.83 Å². The summed E-state index contributed by atoms with van der Waals surface area (Å²) >= 11 is 3.78. The molecule has 1 aliphatic rings. The summed E-state index contributed by atoms with van der Waals surface area (Å²) in [6.07, 6.45) is 6.80. The summed E-state index contributed by atoms with van der Waals surface area (Å²) in [5.41, 5.74) is 1.49. The Hall–Kier alpha value is -0.300. The summed E-state index contributed by atoms with van der Waals surface area (Å²) in [7, 11) is 0. The predicted molar refractivity (Wildman–Crippen MR) is 64.8 cm³/mol. The topological polar surface area (TPSA) is 0 Å². The van der Waals surface area contributed by atoms with Crippen molar-refractivity contribution >= 4 is 15.9 Å². The largest absolute Gasteiger partial charge is 0.0888 e. The fraction of sp³-hybridized carbons (Fsp3) is 0.538. The van der Waals surface area contributed by atoms with Crippen LogP contribution in [-0.4, -0.2) is 4.83 Å². The van der Waals surface area contributed by atoms with Crippen molar-refractivity contribution in [1.82, 2.24) is 0 Å². The van der Waals surface area contributed by atoms with E-state index in [4.69, 9.17) is 0 Å². The van der Waals surface area contributed by atoms with E-state index >= 15 is 0 Å². The summed E-state index contributed by atoms with van der Waals surface area (Å²) in [5, 5.41) is 0. The highest BCUT2D eigenvalue weighted by Crippen LogP contribution is 2.34. The Balaban J connectivity index is 1.82. The normalized spacial score (nSPS) is 26.6. The molecule has 1 aromatic rings. The third-order valence-corrected chi connectivity index (χ3v) is 4.42. The first kappa shape index (κ1) is 10.2. The molecule has 0 spiro atoms. The average Bonchev–Trinajstić information content (AvgIpc) is 2.63. The fourth-order valence-corrected chi connectivity index (χ4v) is 3.17. The summed E-state index contributed by atoms with van der Waals surface area (Å²) < 4.78 is 0. The molecule has 0 aromatic heterocycles. The van der Waals surface area contributed by atoms with Crippen molar-refractivity contribution in [2.24, 2.45) is 5.92 Å². The van der Waals surface area contributed by atoms with Crippen molar-refractivity contribution in [3.05, 3.63) is 35.9 Å². The minimum Gasteiger partial charge on any atom is -0.0888 e. The van der Waals surface area contributed by atoms with Gasteiger partial charge in [-0.25, -0.2) is 0 Å². The van der Waals surface area contributed by atoms with Gasteiger partial charge in [0.1, 0.15) is 0 Å². The van der Waals surface area contributed by atoms with Crippen LogP contribution in [-0.2, 0) is 6.42 Å². The molecule has 2 unspecified atom stereocenters. The van der Waals surface area contributed by atoms with Gasteiger partial charge in [0.05, 0.1) is 0 Å². The van der Waals surface area contributed by atoms with E-state index in [9.17, 15) is 0 Å². The SMILES string of the molecule is BrC1CCCC1CCc1ccccc1. The number of rotatable bonds is 3. The van der Waals surface area contributed by atoms with Crippen LogP contribution in [0.3, 0.4) is 0 Å². The Labute approximate surface area is 94.8 Å². The highest BCUT2D eigenvalue weighted by atomic mass is 79.9. The quantitative estimate of drug-likeness (QED) is 0.709. The molecule has 1 heteroatoms. The molecule has 2 rings (SSSR count). The zero-order chi connectivity index (χ0) is 9.80. The van der Waals surface area contributed by atoms with Crippen LogP contribution < -0.4 is 0 Å². The van der Waals surface area contributed by atoms with Gasteiger partial charge in [-0.1, -0.05) is 52.7 Å². The molecule has 0 bridgehead atoms. The van der Waals surface area contributed by atoms with Gasteiger partial charge in [-0.2, -0.15) is 0 Å². The monoisotopic (exact) mass is 252 g/mol. The van der Waals surface area contributed by atoms with Gasteiger partial charge < -0.3 is 0 Å². The van der Waals surface area contributed by atoms with E-state index in [1.165, 1.54) is 37.7 Å². The summed E-state index contributed by atoms with van der Waals surface area (Å²) in [6.45, 7) is 0. The number of alkyl halides is 1. The Morgan fingerprint density at radius 2 is 1.93 bits per heavy atom. The standard InChI is InChI=1S/C13H17Br/c14-13-8-4-7-12(13)10-9-11-5-2-1-3-6-11/h1-3,5-6,12-13H,4,7-10H2. The molecule has 0 heterocycles. The first-order valence-electron chi connectivity index (χ1n) is 5.54. The van der Waals surface area contributed by atoms with Gasteiger partial charge in [-0.3, -0.25) is 0 Å². The molecule has 0 nitrogen and oxygen atoms in total. The lowest BCUT2D eigenvalue weighted by Gasteiger charge is -2.13. The summed E-state index contributed by atoms with van der Waals surface area (Å²) in [6, 6.07) is 10.8. The Kier molecular flexibility index (Phi) is 3.63. The van der Waals surface area contributed by atoms with E-state index in [1.54, 1.807) is 0 Å². The maximum Gasteiger partial charge on any atom is 0.0174 e. The zero-order valence-corrected chi connectivity index (χ0v) is 10.0. The van der Waals surface area contributed by atoms with Crippen molar-refractivity contribution in [2.45, 2.75) is 36.9 Å². The van der Waals surface area contributed by atoms with E-state index in [0.29, 0.717) is 0 Å². The molecule has 0 radical (unpaired) electrons. The van der Waals surface area contributed by atoms with E-state index < -0.39 is 0 Å². The second-order valence-corrected chi connectivity index (χ2v) is 5.41. The number of hydrogen-bond acceptors (Lipinski definition) is 0. The molecular weight excluding hydrogens is 236 g/mol. The smallest absolute Gasteiger partial charge is 0.0174 e. The average molecular weight is 253 g/mol. The molecule has 0 amide bonds. The van der Waals surface area contributed by atoms with Crippen LogP contribution in [0.15, 0.2) is 30.3 Å². The molecule has 0 N–H and O–H groups in total. The minimum atomic E-state index is 0.784. The molecule has 76 valence electrons. The second kappa shape index (κ2) is 4.97. The molecule has 0 aliphatic heterocycles. The van der Waals surface area contributed by atoms with Crippen LogP contribution in [0, 0.1) is 5.92 Å². The van der Waals surface area contributed by atoms with E-state index in [2.05, 4.69) is 46.3 Å². The van der Waals surface area contributed by atoms with Gasteiger partial charge in [-0.15, -0.1) is 0 Å². The summed E-state index contributed by atoms with van der Waals surface area (Å²) in [5.74, 6) is 0.912. The summed E-state index contributed by atoms with van der Waals surface area (Å²) in [4.78, 5) is 0.784. The lowest BCUT2D eigenvalue weighted by Crippen LogP contribution is -2.07. The molecule has 1 fully saturated rings. The van der Waals surface area contributed by atoms with Crippen LogP contribution in [0.2, 0.25) is 0 Å². The lowest BCUT2D eigenvalue weighted by molar-refractivity contribution is 0.518. The van der Waals surface area contributed by atoms with Crippen molar-refractivity contribution in [1.29, 1.82) is 0 Å². The van der Waals surface area contributed by atoms with Crippen molar-refractivity contribution in [2.75, 3.05) is 0 Å². The Bertz CT molecular complexity index is 268. The highest BCUT2D eigenvalue weighted by Gasteiger charge is 2.23. The fourth-order valence-electron chi connectivity index (χ4n) is 2.31. The molecular formula is C13H17Br. The zero-order valence-electron chi connectivity index (χ0n) is 8.45. The second-order valence-electron chi connectivity index (χ2n) is 4.23. The molecule has 1 aliphatic carbocycles. The minimum absolute atomic E-state index is 0.784. The predicted octanol–water partition coefficient (Wildman–Crippen LogP) is 4.18. The van der Waals surface area contributed by atoms with Crippen molar-refractivity contribution < 1.29 is 0 Å². The van der Waals surface area contributed by atoms with E-state index in [-0.39, 0.29) is 0 Å². The third kappa shape index (κ3) is 2.60. The van der Waals surface area contributed by atoms with Crippen molar-refractivity contribution in [3.8, 4) is 0 Å². The third-order valence-electron chi connectivity index (χ3n) is 3.21. The number of aryl methyl sites for hydroxylation is 1. The van der Waals surface area contributed by atoms with Gasteiger partial charge >= 0.3 is 0 Å². The maximum absolute atomic E-state index is 3.78. The first-order valence-corrected chi connectivity index (χ1v) is 6.46. The molecule has 2 atom stereocenters. The van der Waals surface area contributed by atoms with Gasteiger partial charge in [0.25, 0.3) is 0 Å². The molecule has 14 heavy (non-hydrogen) atoms.